The van der Waals surface area contributed by atoms with Crippen LogP contribution in [0.2, 0.25) is 0 Å². The summed E-state index contributed by atoms with van der Waals surface area (Å²) >= 11 is 0. The van der Waals surface area contributed by atoms with Crippen LogP contribution in [0.4, 0.5) is 5.69 Å². The van der Waals surface area contributed by atoms with Crippen molar-refractivity contribution in [2.75, 3.05) is 17.2 Å². The van der Waals surface area contributed by atoms with E-state index in [2.05, 4.69) is 5.10 Å². The lowest BCUT2D eigenvalue weighted by Crippen LogP contribution is -2.26. The monoisotopic (exact) mass is 245 g/mol. The first-order valence-electron chi connectivity index (χ1n) is 4.97. The fourth-order valence-electron chi connectivity index (χ4n) is 1.25. The van der Waals surface area contributed by atoms with Crippen LogP contribution in [0.15, 0.2) is 17.1 Å². The van der Waals surface area contributed by atoms with Crippen molar-refractivity contribution in [3.8, 4) is 0 Å². The third-order valence-corrected chi connectivity index (χ3v) is 3.85. The smallest absolute Gasteiger partial charge is 0.268 e. The second-order valence-corrected chi connectivity index (χ2v) is 5.81. The topological polar surface area (TPSA) is 95.1 Å². The molecular weight excluding hydrogens is 230 g/mol. The SMILES string of the molecule is CCCS(=O)(=O)CCn1ncc(N)cc1=O. The van der Waals surface area contributed by atoms with E-state index in [9.17, 15) is 13.2 Å². The van der Waals surface area contributed by atoms with E-state index < -0.39 is 9.84 Å². The molecule has 7 heteroatoms. The van der Waals surface area contributed by atoms with Crippen molar-refractivity contribution >= 4 is 15.5 Å². The normalized spacial score (nSPS) is 11.6. The molecule has 6 nitrogen and oxygen atoms in total. The van der Waals surface area contributed by atoms with Crippen molar-refractivity contribution in [2.24, 2.45) is 0 Å². The molecule has 1 heterocycles. The van der Waals surface area contributed by atoms with Gasteiger partial charge in [0.25, 0.3) is 5.56 Å². The minimum atomic E-state index is -3.09. The number of hydrogen-bond acceptors (Lipinski definition) is 5. The number of nitrogen functional groups attached to an aromatic ring is 1. The number of nitrogens with zero attached hydrogens (tertiary/aromatic N) is 2. The molecule has 16 heavy (non-hydrogen) atoms. The van der Waals surface area contributed by atoms with E-state index in [4.69, 9.17) is 5.73 Å². The molecule has 0 unspecified atom stereocenters. The Bertz CT molecular complexity index is 507. The molecule has 0 amide bonds. The van der Waals surface area contributed by atoms with Crippen LogP contribution in [-0.4, -0.2) is 29.7 Å². The summed E-state index contributed by atoms with van der Waals surface area (Å²) in [6.07, 6.45) is 1.90. The van der Waals surface area contributed by atoms with Gasteiger partial charge in [-0.25, -0.2) is 13.1 Å². The van der Waals surface area contributed by atoms with E-state index in [0.29, 0.717) is 6.42 Å². The predicted molar refractivity (Wildman–Crippen MR) is 61.9 cm³/mol. The molecule has 0 aliphatic heterocycles. The van der Waals surface area contributed by atoms with E-state index in [1.165, 1.54) is 12.3 Å². The molecule has 2 N–H and O–H groups in total. The highest BCUT2D eigenvalue weighted by Gasteiger charge is 2.10. The first kappa shape index (κ1) is 12.7. The maximum Gasteiger partial charge on any atom is 0.268 e. The van der Waals surface area contributed by atoms with E-state index >= 15 is 0 Å². The molecule has 1 aromatic heterocycles. The second-order valence-electron chi connectivity index (χ2n) is 3.50. The summed E-state index contributed by atoms with van der Waals surface area (Å²) in [6, 6.07) is 1.22. The van der Waals surface area contributed by atoms with Gasteiger partial charge in [0.1, 0.15) is 0 Å². The molecule has 0 fully saturated rings. The summed E-state index contributed by atoms with van der Waals surface area (Å²) in [5.74, 6) is 0.0639. The Kier molecular flexibility index (Phi) is 4.05. The number of sulfone groups is 1. The molecule has 0 saturated carbocycles. The number of hydrogen-bond donors (Lipinski definition) is 1. The van der Waals surface area contributed by atoms with E-state index in [1.54, 1.807) is 6.92 Å². The zero-order chi connectivity index (χ0) is 12.2. The van der Waals surface area contributed by atoms with Gasteiger partial charge in [0.05, 0.1) is 24.2 Å². The van der Waals surface area contributed by atoms with Gasteiger partial charge in [-0.1, -0.05) is 6.92 Å². The van der Waals surface area contributed by atoms with Gasteiger partial charge < -0.3 is 5.73 Å². The average molecular weight is 245 g/mol. The zero-order valence-corrected chi connectivity index (χ0v) is 9.90. The van der Waals surface area contributed by atoms with Gasteiger partial charge in [0.15, 0.2) is 9.84 Å². The van der Waals surface area contributed by atoms with Crippen LogP contribution in [0.5, 0.6) is 0 Å². The van der Waals surface area contributed by atoms with Crippen molar-refractivity contribution in [3.63, 3.8) is 0 Å². The van der Waals surface area contributed by atoms with Gasteiger partial charge in [-0.3, -0.25) is 4.79 Å². The molecule has 0 aliphatic carbocycles. The van der Waals surface area contributed by atoms with Crippen molar-refractivity contribution in [1.29, 1.82) is 0 Å². The maximum absolute atomic E-state index is 11.4. The quantitative estimate of drug-likeness (QED) is 0.765. The highest BCUT2D eigenvalue weighted by molar-refractivity contribution is 7.91. The molecule has 90 valence electrons. The number of aryl methyl sites for hydroxylation is 1. The van der Waals surface area contributed by atoms with Crippen LogP contribution < -0.4 is 11.3 Å². The Morgan fingerprint density at radius 1 is 1.44 bits per heavy atom. The van der Waals surface area contributed by atoms with Gasteiger partial charge in [0, 0.05) is 11.8 Å². The van der Waals surface area contributed by atoms with Crippen LogP contribution >= 0.6 is 0 Å². The minimum absolute atomic E-state index is 0.0709. The van der Waals surface area contributed by atoms with Crippen LogP contribution in [0, 0.1) is 0 Å². The molecule has 1 aromatic rings. The molecule has 0 radical (unpaired) electrons. The van der Waals surface area contributed by atoms with Crippen LogP contribution in [0.25, 0.3) is 0 Å². The van der Waals surface area contributed by atoms with Crippen LogP contribution in [0.3, 0.4) is 0 Å². The molecule has 0 aromatic carbocycles. The lowest BCUT2D eigenvalue weighted by atomic mass is 10.5. The average Bonchev–Trinajstić information content (AvgIpc) is 2.16. The Morgan fingerprint density at radius 3 is 2.69 bits per heavy atom. The Morgan fingerprint density at radius 2 is 2.12 bits per heavy atom. The minimum Gasteiger partial charge on any atom is -0.397 e. The molecule has 1 rings (SSSR count). The Hall–Kier alpha value is -1.37. The lowest BCUT2D eigenvalue weighted by molar-refractivity contribution is 0.570. The van der Waals surface area contributed by atoms with Gasteiger partial charge in [-0.2, -0.15) is 5.10 Å². The molecule has 0 saturated heterocycles. The summed E-state index contributed by atoms with van der Waals surface area (Å²) in [5.41, 5.74) is 5.26. The van der Waals surface area contributed by atoms with Gasteiger partial charge in [-0.15, -0.1) is 0 Å². The van der Waals surface area contributed by atoms with Crippen LogP contribution in [0.1, 0.15) is 13.3 Å². The third kappa shape index (κ3) is 3.65. The van der Waals surface area contributed by atoms with Gasteiger partial charge in [0.2, 0.25) is 0 Å². The first-order chi connectivity index (χ1) is 7.44. The summed E-state index contributed by atoms with van der Waals surface area (Å²) < 4.78 is 23.9. The number of anilines is 1. The number of rotatable bonds is 5. The Labute approximate surface area is 94.0 Å². The van der Waals surface area contributed by atoms with Crippen molar-refractivity contribution in [3.05, 3.63) is 22.6 Å². The van der Waals surface area contributed by atoms with Gasteiger partial charge in [-0.05, 0) is 6.42 Å². The third-order valence-electron chi connectivity index (χ3n) is 2.02. The van der Waals surface area contributed by atoms with E-state index in [-0.39, 0.29) is 29.3 Å². The van der Waals surface area contributed by atoms with Crippen LogP contribution in [-0.2, 0) is 16.4 Å². The predicted octanol–water partition coefficient (Wildman–Crippen LogP) is -0.350. The molecule has 0 atom stereocenters. The lowest BCUT2D eigenvalue weighted by Gasteiger charge is -2.04. The highest BCUT2D eigenvalue weighted by atomic mass is 32.2. The molecule has 0 bridgehead atoms. The van der Waals surface area contributed by atoms with Crippen molar-refractivity contribution < 1.29 is 8.42 Å². The second kappa shape index (κ2) is 5.11. The highest BCUT2D eigenvalue weighted by Crippen LogP contribution is 1.95. The van der Waals surface area contributed by atoms with E-state index in [0.717, 1.165) is 4.68 Å². The number of aromatic nitrogens is 2. The first-order valence-corrected chi connectivity index (χ1v) is 6.80. The fraction of sp³-hybridized carbons (Fsp3) is 0.556. The summed E-state index contributed by atoms with van der Waals surface area (Å²) in [6.45, 7) is 1.87. The standard InChI is InChI=1S/C9H15N3O3S/c1-2-4-16(14,15)5-3-12-9(13)6-8(10)7-11-12/h6-7H,2-5,10H2,1H3. The molecule has 0 spiro atoms. The van der Waals surface area contributed by atoms with Crippen molar-refractivity contribution in [1.82, 2.24) is 9.78 Å². The fourth-order valence-corrected chi connectivity index (χ4v) is 2.53. The summed E-state index contributed by atoms with van der Waals surface area (Å²) in [5, 5.41) is 3.76. The van der Waals surface area contributed by atoms with E-state index in [1.807, 2.05) is 0 Å². The van der Waals surface area contributed by atoms with Gasteiger partial charge >= 0.3 is 0 Å². The Balaban J connectivity index is 2.72. The summed E-state index contributed by atoms with van der Waals surface area (Å²) in [4.78, 5) is 11.3. The maximum atomic E-state index is 11.4. The zero-order valence-electron chi connectivity index (χ0n) is 9.09. The van der Waals surface area contributed by atoms with Crippen molar-refractivity contribution in [2.45, 2.75) is 19.9 Å². The number of nitrogens with two attached hydrogens (primary N) is 1. The molecule has 0 aliphatic rings. The summed E-state index contributed by atoms with van der Waals surface area (Å²) in [7, 11) is -3.09. The largest absolute Gasteiger partial charge is 0.397 e. The molecular formula is C9H15N3O3S.